The largest absolute Gasteiger partial charge is 0.490 e. The number of hydrogen-bond acceptors (Lipinski definition) is 4. The lowest BCUT2D eigenvalue weighted by Gasteiger charge is -2.20. The van der Waals surface area contributed by atoms with Crippen LogP contribution in [0.25, 0.3) is 0 Å². The Bertz CT molecular complexity index is 532. The van der Waals surface area contributed by atoms with Crippen LogP contribution in [0.1, 0.15) is 40.2 Å². The lowest BCUT2D eigenvalue weighted by molar-refractivity contribution is -0.140. The standard InChI is InChI=1S/C17H26BrNO4/c1-6-22-14-8-12(7-13(18)16(14)23-11(4)5)9-19-15(10(2)3)17(20)21/h7-8,10-11,15,19H,6,9H2,1-5H3,(H,20,21). The van der Waals surface area contributed by atoms with E-state index in [1.54, 1.807) is 0 Å². The summed E-state index contributed by atoms with van der Waals surface area (Å²) in [7, 11) is 0. The van der Waals surface area contributed by atoms with Crippen LogP contribution in [0, 0.1) is 5.92 Å². The first-order valence-corrected chi connectivity index (χ1v) is 8.63. The number of halogens is 1. The van der Waals surface area contributed by atoms with Crippen molar-refractivity contribution >= 4 is 21.9 Å². The molecule has 2 N–H and O–H groups in total. The third kappa shape index (κ3) is 6.03. The molecule has 1 rings (SSSR count). The molecule has 1 aromatic rings. The molecule has 0 spiro atoms. The number of aliphatic carboxylic acids is 1. The van der Waals surface area contributed by atoms with Crippen molar-refractivity contribution in [3.05, 3.63) is 22.2 Å². The highest BCUT2D eigenvalue weighted by atomic mass is 79.9. The van der Waals surface area contributed by atoms with Gasteiger partial charge < -0.3 is 19.9 Å². The monoisotopic (exact) mass is 387 g/mol. The molecular formula is C17H26BrNO4. The normalized spacial score (nSPS) is 12.5. The zero-order valence-electron chi connectivity index (χ0n) is 14.4. The molecule has 0 aliphatic carbocycles. The van der Waals surface area contributed by atoms with Crippen molar-refractivity contribution in [2.45, 2.75) is 53.3 Å². The van der Waals surface area contributed by atoms with Gasteiger partial charge in [-0.2, -0.15) is 0 Å². The minimum absolute atomic E-state index is 0.00542. The van der Waals surface area contributed by atoms with E-state index < -0.39 is 12.0 Å². The molecule has 0 saturated heterocycles. The van der Waals surface area contributed by atoms with Crippen molar-refractivity contribution in [2.75, 3.05) is 6.61 Å². The van der Waals surface area contributed by atoms with Gasteiger partial charge in [-0.1, -0.05) is 13.8 Å². The molecule has 0 radical (unpaired) electrons. The predicted molar refractivity (Wildman–Crippen MR) is 94.2 cm³/mol. The molecule has 0 aliphatic rings. The fraction of sp³-hybridized carbons (Fsp3) is 0.588. The van der Waals surface area contributed by atoms with Gasteiger partial charge in [0.2, 0.25) is 0 Å². The van der Waals surface area contributed by atoms with Crippen LogP contribution in [0.2, 0.25) is 0 Å². The predicted octanol–water partition coefficient (Wildman–Crippen LogP) is 3.83. The third-order valence-corrected chi connectivity index (χ3v) is 3.77. The highest BCUT2D eigenvalue weighted by Crippen LogP contribution is 2.37. The lowest BCUT2D eigenvalue weighted by atomic mass is 10.0. The summed E-state index contributed by atoms with van der Waals surface area (Å²) in [6.07, 6.45) is 0.0341. The molecule has 5 nitrogen and oxygen atoms in total. The SMILES string of the molecule is CCOc1cc(CNC(C(=O)O)C(C)C)cc(Br)c1OC(C)C. The van der Waals surface area contributed by atoms with E-state index in [4.69, 9.17) is 9.47 Å². The minimum Gasteiger partial charge on any atom is -0.490 e. The summed E-state index contributed by atoms with van der Waals surface area (Å²) in [6, 6.07) is 3.22. The molecule has 0 heterocycles. The summed E-state index contributed by atoms with van der Waals surface area (Å²) in [6.45, 7) is 10.6. The van der Waals surface area contributed by atoms with E-state index in [2.05, 4.69) is 21.2 Å². The number of rotatable bonds is 9. The van der Waals surface area contributed by atoms with Gasteiger partial charge in [-0.3, -0.25) is 4.79 Å². The van der Waals surface area contributed by atoms with Gasteiger partial charge in [0.15, 0.2) is 11.5 Å². The molecule has 6 heteroatoms. The Kier molecular flexibility index (Phi) is 7.85. The fourth-order valence-corrected chi connectivity index (χ4v) is 2.76. The summed E-state index contributed by atoms with van der Waals surface area (Å²) >= 11 is 3.51. The summed E-state index contributed by atoms with van der Waals surface area (Å²) < 4.78 is 12.3. The van der Waals surface area contributed by atoms with Gasteiger partial charge in [-0.05, 0) is 60.3 Å². The van der Waals surface area contributed by atoms with E-state index in [1.807, 2.05) is 46.8 Å². The third-order valence-electron chi connectivity index (χ3n) is 3.18. The molecule has 0 aromatic heterocycles. The minimum atomic E-state index is -0.844. The first-order valence-electron chi connectivity index (χ1n) is 7.84. The molecule has 23 heavy (non-hydrogen) atoms. The van der Waals surface area contributed by atoms with Gasteiger partial charge in [-0.15, -0.1) is 0 Å². The van der Waals surface area contributed by atoms with E-state index in [0.717, 1.165) is 10.0 Å². The van der Waals surface area contributed by atoms with Gasteiger partial charge in [0.1, 0.15) is 6.04 Å². The summed E-state index contributed by atoms with van der Waals surface area (Å²) in [4.78, 5) is 11.3. The molecule has 1 unspecified atom stereocenters. The van der Waals surface area contributed by atoms with E-state index in [1.165, 1.54) is 0 Å². The van der Waals surface area contributed by atoms with Crippen LogP contribution in [0.3, 0.4) is 0 Å². The van der Waals surface area contributed by atoms with Gasteiger partial charge in [-0.25, -0.2) is 0 Å². The Morgan fingerprint density at radius 2 is 1.96 bits per heavy atom. The van der Waals surface area contributed by atoms with Crippen LogP contribution in [0.4, 0.5) is 0 Å². The first-order chi connectivity index (χ1) is 10.8. The van der Waals surface area contributed by atoms with Crippen molar-refractivity contribution in [2.24, 2.45) is 5.92 Å². The van der Waals surface area contributed by atoms with Crippen LogP contribution in [-0.4, -0.2) is 29.8 Å². The number of carbonyl (C=O) groups is 1. The Morgan fingerprint density at radius 1 is 1.30 bits per heavy atom. The van der Waals surface area contributed by atoms with E-state index in [9.17, 15) is 9.90 Å². The van der Waals surface area contributed by atoms with Gasteiger partial charge in [0, 0.05) is 6.54 Å². The molecule has 0 aliphatic heterocycles. The number of ether oxygens (including phenoxy) is 2. The molecule has 0 bridgehead atoms. The van der Waals surface area contributed by atoms with E-state index >= 15 is 0 Å². The highest BCUT2D eigenvalue weighted by Gasteiger charge is 2.21. The van der Waals surface area contributed by atoms with E-state index in [-0.39, 0.29) is 12.0 Å². The van der Waals surface area contributed by atoms with Gasteiger partial charge in [0.25, 0.3) is 0 Å². The second-order valence-electron chi connectivity index (χ2n) is 5.95. The smallest absolute Gasteiger partial charge is 0.320 e. The number of carboxylic acids is 1. The number of nitrogens with one attached hydrogen (secondary N) is 1. The number of benzene rings is 1. The second-order valence-corrected chi connectivity index (χ2v) is 6.80. The Morgan fingerprint density at radius 3 is 2.43 bits per heavy atom. The van der Waals surface area contributed by atoms with Gasteiger partial charge in [0.05, 0.1) is 17.2 Å². The number of hydrogen-bond donors (Lipinski definition) is 2. The highest BCUT2D eigenvalue weighted by molar-refractivity contribution is 9.10. The first kappa shape index (κ1) is 19.8. The molecule has 0 saturated carbocycles. The maximum absolute atomic E-state index is 11.3. The molecule has 0 amide bonds. The Balaban J connectivity index is 2.98. The fourth-order valence-electron chi connectivity index (χ4n) is 2.17. The quantitative estimate of drug-likeness (QED) is 0.673. The van der Waals surface area contributed by atoms with Crippen LogP contribution in [0.15, 0.2) is 16.6 Å². The van der Waals surface area contributed by atoms with Gasteiger partial charge >= 0.3 is 5.97 Å². The van der Waals surface area contributed by atoms with Crippen LogP contribution in [-0.2, 0) is 11.3 Å². The van der Waals surface area contributed by atoms with Crippen molar-refractivity contribution in [3.8, 4) is 11.5 Å². The van der Waals surface area contributed by atoms with Crippen LogP contribution >= 0.6 is 15.9 Å². The Labute approximate surface area is 146 Å². The van der Waals surface area contributed by atoms with Crippen molar-refractivity contribution < 1.29 is 19.4 Å². The molecular weight excluding hydrogens is 362 g/mol. The lowest BCUT2D eigenvalue weighted by Crippen LogP contribution is -2.40. The maximum Gasteiger partial charge on any atom is 0.320 e. The summed E-state index contributed by atoms with van der Waals surface area (Å²) in [5.41, 5.74) is 0.934. The molecule has 130 valence electrons. The van der Waals surface area contributed by atoms with Crippen molar-refractivity contribution in [3.63, 3.8) is 0 Å². The van der Waals surface area contributed by atoms with Crippen molar-refractivity contribution in [1.29, 1.82) is 0 Å². The maximum atomic E-state index is 11.3. The number of carboxylic acid groups (broad SMARTS) is 1. The van der Waals surface area contributed by atoms with Crippen LogP contribution in [0.5, 0.6) is 11.5 Å². The molecule has 1 atom stereocenters. The zero-order valence-corrected chi connectivity index (χ0v) is 15.9. The average Bonchev–Trinajstić information content (AvgIpc) is 2.42. The van der Waals surface area contributed by atoms with Crippen molar-refractivity contribution in [1.82, 2.24) is 5.32 Å². The average molecular weight is 388 g/mol. The molecule has 0 fully saturated rings. The van der Waals surface area contributed by atoms with E-state index in [0.29, 0.717) is 24.7 Å². The Hall–Kier alpha value is -1.27. The van der Waals surface area contributed by atoms with Crippen LogP contribution < -0.4 is 14.8 Å². The second kappa shape index (κ2) is 9.13. The summed E-state index contributed by atoms with van der Waals surface area (Å²) in [5.74, 6) is 0.489. The zero-order chi connectivity index (χ0) is 17.6. The molecule has 1 aromatic carbocycles. The summed E-state index contributed by atoms with van der Waals surface area (Å²) in [5, 5.41) is 12.3. The topological polar surface area (TPSA) is 67.8 Å².